The summed E-state index contributed by atoms with van der Waals surface area (Å²) in [6.07, 6.45) is 3.64. The lowest BCUT2D eigenvalue weighted by atomic mass is 10.2. The van der Waals surface area contributed by atoms with Crippen LogP contribution in [-0.2, 0) is 16.4 Å². The van der Waals surface area contributed by atoms with Crippen LogP contribution in [0, 0.1) is 0 Å². The lowest BCUT2D eigenvalue weighted by Crippen LogP contribution is -2.41. The number of hydrogen-bond donors (Lipinski definition) is 0. The van der Waals surface area contributed by atoms with E-state index in [9.17, 15) is 13.2 Å². The first kappa shape index (κ1) is 18.6. The molecule has 1 aliphatic rings. The molecule has 0 aromatic carbocycles. The van der Waals surface area contributed by atoms with Gasteiger partial charge < -0.3 is 4.90 Å². The molecule has 3 rings (SSSR count). The highest BCUT2D eigenvalue weighted by Gasteiger charge is 2.36. The highest BCUT2D eigenvalue weighted by molar-refractivity contribution is 7.98. The molecule has 2 aromatic rings. The Bertz CT molecular complexity index is 871. The predicted molar refractivity (Wildman–Crippen MR) is 100 cm³/mol. The van der Waals surface area contributed by atoms with Crippen LogP contribution in [0.3, 0.4) is 0 Å². The number of hydrogen-bond acceptors (Lipinski definition) is 7. The van der Waals surface area contributed by atoms with E-state index in [-0.39, 0.29) is 34.2 Å². The van der Waals surface area contributed by atoms with Gasteiger partial charge in [0.2, 0.25) is 0 Å². The van der Waals surface area contributed by atoms with E-state index < -0.39 is 9.84 Å². The number of aromatic nitrogens is 2. The second kappa shape index (κ2) is 7.61. The van der Waals surface area contributed by atoms with Crippen molar-refractivity contribution < 1.29 is 13.2 Å². The summed E-state index contributed by atoms with van der Waals surface area (Å²) in [6, 6.07) is 3.45. The zero-order valence-corrected chi connectivity index (χ0v) is 16.6. The Balaban J connectivity index is 1.94. The number of amides is 1. The topological polar surface area (TPSA) is 80.2 Å². The molecular weight excluding hydrogens is 402 g/mol. The van der Waals surface area contributed by atoms with Crippen LogP contribution in [0.15, 0.2) is 28.9 Å². The first-order valence-corrected chi connectivity index (χ1v) is 11.8. The van der Waals surface area contributed by atoms with Crippen molar-refractivity contribution in [2.45, 2.75) is 24.2 Å². The zero-order valence-electron chi connectivity index (χ0n) is 13.4. The van der Waals surface area contributed by atoms with Gasteiger partial charge in [0.05, 0.1) is 29.3 Å². The molecule has 6 nitrogen and oxygen atoms in total. The molecule has 25 heavy (non-hydrogen) atoms. The molecular formula is C15H16ClN3O3S3. The van der Waals surface area contributed by atoms with Crippen LogP contribution in [0.25, 0.3) is 0 Å². The number of carbonyl (C=O) groups is 1. The molecule has 0 N–H and O–H groups in total. The summed E-state index contributed by atoms with van der Waals surface area (Å²) in [7, 11) is -3.12. The average molecular weight is 418 g/mol. The van der Waals surface area contributed by atoms with Gasteiger partial charge in [-0.2, -0.15) is 0 Å². The van der Waals surface area contributed by atoms with Gasteiger partial charge in [-0.25, -0.2) is 18.4 Å². The Labute approximate surface area is 159 Å². The fourth-order valence-electron chi connectivity index (χ4n) is 2.69. The SMILES string of the molecule is CSc1ncc(Cl)c(C(=O)N(Cc2cccs2)[C@H]2CCS(=O)(=O)C2)n1. The molecule has 1 saturated heterocycles. The van der Waals surface area contributed by atoms with Gasteiger partial charge in [0.1, 0.15) is 0 Å². The first-order chi connectivity index (χ1) is 11.9. The quantitative estimate of drug-likeness (QED) is 0.549. The Morgan fingerprint density at radius 1 is 1.52 bits per heavy atom. The fraction of sp³-hybridized carbons (Fsp3) is 0.400. The van der Waals surface area contributed by atoms with E-state index in [4.69, 9.17) is 11.6 Å². The van der Waals surface area contributed by atoms with E-state index in [0.717, 1.165) is 4.88 Å². The van der Waals surface area contributed by atoms with Crippen molar-refractivity contribution in [2.24, 2.45) is 0 Å². The summed E-state index contributed by atoms with van der Waals surface area (Å²) in [5, 5.41) is 2.54. The van der Waals surface area contributed by atoms with Gasteiger partial charge in [0.25, 0.3) is 5.91 Å². The Hall–Kier alpha value is -1.16. The number of carbonyl (C=O) groups excluding carboxylic acids is 1. The van der Waals surface area contributed by atoms with Gasteiger partial charge in [-0.15, -0.1) is 11.3 Å². The molecule has 0 radical (unpaired) electrons. The number of thiophene rings is 1. The summed E-state index contributed by atoms with van der Waals surface area (Å²) >= 11 is 8.97. The third-order valence-corrected chi connectivity index (χ3v) is 7.37. The van der Waals surface area contributed by atoms with Crippen molar-refractivity contribution in [3.05, 3.63) is 39.3 Å². The highest BCUT2D eigenvalue weighted by atomic mass is 35.5. The molecule has 1 aliphatic heterocycles. The second-order valence-electron chi connectivity index (χ2n) is 5.62. The maximum absolute atomic E-state index is 13.1. The van der Waals surface area contributed by atoms with Crippen molar-refractivity contribution in [1.29, 1.82) is 0 Å². The molecule has 1 atom stereocenters. The van der Waals surface area contributed by atoms with Gasteiger partial charge in [0.15, 0.2) is 20.7 Å². The van der Waals surface area contributed by atoms with Crippen molar-refractivity contribution in [3.8, 4) is 0 Å². The summed E-state index contributed by atoms with van der Waals surface area (Å²) in [6.45, 7) is 0.339. The van der Waals surface area contributed by atoms with Crippen molar-refractivity contribution in [1.82, 2.24) is 14.9 Å². The van der Waals surface area contributed by atoms with Crippen LogP contribution in [0.1, 0.15) is 21.8 Å². The third-order valence-electron chi connectivity index (χ3n) is 3.92. The number of nitrogens with zero attached hydrogens (tertiary/aromatic N) is 3. The minimum absolute atomic E-state index is 0.0256. The van der Waals surface area contributed by atoms with Crippen LogP contribution in [0.4, 0.5) is 0 Å². The monoisotopic (exact) mass is 417 g/mol. The number of rotatable bonds is 5. The van der Waals surface area contributed by atoms with Crippen LogP contribution in [-0.4, -0.2) is 53.0 Å². The molecule has 10 heteroatoms. The lowest BCUT2D eigenvalue weighted by Gasteiger charge is -2.27. The van der Waals surface area contributed by atoms with Crippen molar-refractivity contribution >= 4 is 50.4 Å². The minimum Gasteiger partial charge on any atom is -0.328 e. The maximum Gasteiger partial charge on any atom is 0.274 e. The molecule has 3 heterocycles. The standard InChI is InChI=1S/C15H16ClN3O3S3/c1-23-15-17-7-12(16)13(18-15)14(20)19(8-11-3-2-5-24-11)10-4-6-25(21,22)9-10/h2-3,5,7,10H,4,6,8-9H2,1H3/t10-/m0/s1. The summed E-state index contributed by atoms with van der Waals surface area (Å²) < 4.78 is 23.8. The Morgan fingerprint density at radius 2 is 2.32 bits per heavy atom. The first-order valence-electron chi connectivity index (χ1n) is 7.50. The van der Waals surface area contributed by atoms with E-state index in [2.05, 4.69) is 9.97 Å². The predicted octanol–water partition coefficient (Wildman–Crippen LogP) is 2.74. The number of sulfone groups is 1. The molecule has 2 aromatic heterocycles. The number of halogens is 1. The lowest BCUT2D eigenvalue weighted by molar-refractivity contribution is 0.0676. The van der Waals surface area contributed by atoms with Gasteiger partial charge in [-0.3, -0.25) is 4.79 Å². The minimum atomic E-state index is -3.12. The maximum atomic E-state index is 13.1. The highest BCUT2D eigenvalue weighted by Crippen LogP contribution is 2.26. The molecule has 0 unspecified atom stereocenters. The van der Waals surface area contributed by atoms with Gasteiger partial charge in [-0.1, -0.05) is 29.4 Å². The van der Waals surface area contributed by atoms with Crippen molar-refractivity contribution in [2.75, 3.05) is 17.8 Å². The molecule has 0 aliphatic carbocycles. The molecule has 1 fully saturated rings. The average Bonchev–Trinajstić information content (AvgIpc) is 3.21. The van der Waals surface area contributed by atoms with Gasteiger partial charge in [-0.05, 0) is 24.1 Å². The van der Waals surface area contributed by atoms with E-state index in [1.807, 2.05) is 23.8 Å². The molecule has 0 bridgehead atoms. The van der Waals surface area contributed by atoms with E-state index in [1.54, 1.807) is 4.90 Å². The smallest absolute Gasteiger partial charge is 0.274 e. The van der Waals surface area contributed by atoms with E-state index in [0.29, 0.717) is 18.1 Å². The molecule has 0 spiro atoms. The zero-order chi connectivity index (χ0) is 18.0. The summed E-state index contributed by atoms with van der Waals surface area (Å²) in [5.74, 6) is -0.292. The molecule has 1 amide bonds. The third kappa shape index (κ3) is 4.33. The van der Waals surface area contributed by atoms with Crippen LogP contribution >= 0.6 is 34.7 Å². The van der Waals surface area contributed by atoms with E-state index >= 15 is 0 Å². The Kier molecular flexibility index (Phi) is 5.67. The van der Waals surface area contributed by atoms with Crippen molar-refractivity contribution in [3.63, 3.8) is 0 Å². The fourth-order valence-corrected chi connectivity index (χ4v) is 5.64. The van der Waals surface area contributed by atoms with Gasteiger partial charge >= 0.3 is 0 Å². The Morgan fingerprint density at radius 3 is 2.92 bits per heavy atom. The van der Waals surface area contributed by atoms with Crippen LogP contribution in [0.2, 0.25) is 5.02 Å². The number of thioether (sulfide) groups is 1. The normalized spacial score (nSPS) is 19.0. The second-order valence-corrected chi connectivity index (χ2v) is 10.1. The van der Waals surface area contributed by atoms with Crippen LogP contribution < -0.4 is 0 Å². The largest absolute Gasteiger partial charge is 0.328 e. The van der Waals surface area contributed by atoms with E-state index in [1.165, 1.54) is 29.3 Å². The summed E-state index contributed by atoms with van der Waals surface area (Å²) in [5.41, 5.74) is 0.113. The molecule has 134 valence electrons. The molecule has 0 saturated carbocycles. The van der Waals surface area contributed by atoms with Gasteiger partial charge in [0, 0.05) is 10.9 Å². The van der Waals surface area contributed by atoms with Crippen LogP contribution in [0.5, 0.6) is 0 Å². The summed E-state index contributed by atoms with van der Waals surface area (Å²) in [4.78, 5) is 23.9.